The Bertz CT molecular complexity index is 863. The highest BCUT2D eigenvalue weighted by Gasteiger charge is 2.10. The molecule has 0 aliphatic rings. The molecule has 2 aromatic heterocycles. The fourth-order valence-corrected chi connectivity index (χ4v) is 2.29. The molecular weight excluding hydrogens is 314 g/mol. The van der Waals surface area contributed by atoms with Gasteiger partial charge in [-0.15, -0.1) is 0 Å². The molecule has 0 saturated carbocycles. The molecule has 0 fully saturated rings. The molecule has 1 amide bonds. The van der Waals surface area contributed by atoms with Gasteiger partial charge in [0.15, 0.2) is 0 Å². The number of nitrogens with one attached hydrogen (secondary N) is 2. The van der Waals surface area contributed by atoms with E-state index in [1.807, 2.05) is 44.2 Å². The van der Waals surface area contributed by atoms with Crippen molar-refractivity contribution < 1.29 is 4.79 Å². The van der Waals surface area contributed by atoms with E-state index >= 15 is 0 Å². The third-order valence-electron chi connectivity index (χ3n) is 3.75. The Morgan fingerprint density at radius 3 is 2.56 bits per heavy atom. The number of nitrogens with zero attached hydrogens (tertiary/aromatic N) is 3. The van der Waals surface area contributed by atoms with Crippen molar-refractivity contribution >= 4 is 17.4 Å². The number of anilines is 2. The minimum Gasteiger partial charge on any atom is -0.365 e. The first kappa shape index (κ1) is 16.6. The Morgan fingerprint density at radius 1 is 1.04 bits per heavy atom. The number of rotatable bonds is 5. The van der Waals surface area contributed by atoms with Gasteiger partial charge in [0.2, 0.25) is 0 Å². The van der Waals surface area contributed by atoms with Crippen molar-refractivity contribution in [1.29, 1.82) is 0 Å². The summed E-state index contributed by atoms with van der Waals surface area (Å²) in [6.07, 6.45) is 6.50. The number of amides is 1. The zero-order chi connectivity index (χ0) is 17.6. The maximum absolute atomic E-state index is 12.3. The molecule has 0 aliphatic carbocycles. The van der Waals surface area contributed by atoms with E-state index in [0.29, 0.717) is 12.4 Å². The molecule has 0 bridgehead atoms. The van der Waals surface area contributed by atoms with Gasteiger partial charge in [-0.1, -0.05) is 12.1 Å². The molecule has 126 valence electrons. The van der Waals surface area contributed by atoms with Crippen LogP contribution in [-0.2, 0) is 6.54 Å². The number of hydrogen-bond donors (Lipinski definition) is 2. The third-order valence-corrected chi connectivity index (χ3v) is 3.75. The van der Waals surface area contributed by atoms with Crippen molar-refractivity contribution in [1.82, 2.24) is 15.0 Å². The van der Waals surface area contributed by atoms with Crippen molar-refractivity contribution in [3.8, 4) is 0 Å². The summed E-state index contributed by atoms with van der Waals surface area (Å²) < 4.78 is 0. The Balaban J connectivity index is 1.63. The van der Waals surface area contributed by atoms with E-state index in [2.05, 4.69) is 25.6 Å². The molecule has 1 aromatic carbocycles. The minimum atomic E-state index is -0.276. The molecule has 2 heterocycles. The second kappa shape index (κ2) is 7.53. The number of hydrogen-bond acceptors (Lipinski definition) is 5. The van der Waals surface area contributed by atoms with Gasteiger partial charge in [-0.25, -0.2) is 9.97 Å². The van der Waals surface area contributed by atoms with E-state index in [0.717, 1.165) is 22.4 Å². The van der Waals surface area contributed by atoms with Crippen LogP contribution in [0.15, 0.2) is 55.1 Å². The summed E-state index contributed by atoms with van der Waals surface area (Å²) in [7, 11) is 0. The number of pyridine rings is 1. The number of aryl methyl sites for hydroxylation is 2. The van der Waals surface area contributed by atoms with Gasteiger partial charge in [-0.05, 0) is 48.7 Å². The van der Waals surface area contributed by atoms with Crippen molar-refractivity contribution in [2.75, 3.05) is 10.6 Å². The maximum Gasteiger partial charge on any atom is 0.275 e. The SMILES string of the molecule is Cc1ccc(C)c(NC(=O)c2cnc(NCc3ccncc3)cn2)c1. The van der Waals surface area contributed by atoms with Crippen LogP contribution in [0.1, 0.15) is 27.2 Å². The molecular formula is C19H19N5O. The predicted octanol–water partition coefficient (Wildman–Crippen LogP) is 3.35. The van der Waals surface area contributed by atoms with Crippen LogP contribution < -0.4 is 10.6 Å². The zero-order valence-electron chi connectivity index (χ0n) is 14.2. The van der Waals surface area contributed by atoms with Gasteiger partial charge in [-0.2, -0.15) is 0 Å². The van der Waals surface area contributed by atoms with Gasteiger partial charge in [0.05, 0.1) is 12.4 Å². The van der Waals surface area contributed by atoms with Crippen LogP contribution in [0.2, 0.25) is 0 Å². The Kier molecular flexibility index (Phi) is 4.99. The summed E-state index contributed by atoms with van der Waals surface area (Å²) in [4.78, 5) is 24.7. The minimum absolute atomic E-state index is 0.273. The smallest absolute Gasteiger partial charge is 0.275 e. The van der Waals surface area contributed by atoms with E-state index in [1.165, 1.54) is 6.20 Å². The molecule has 25 heavy (non-hydrogen) atoms. The fraction of sp³-hybridized carbons (Fsp3) is 0.158. The maximum atomic E-state index is 12.3. The lowest BCUT2D eigenvalue weighted by atomic mass is 10.1. The lowest BCUT2D eigenvalue weighted by molar-refractivity contribution is 0.102. The molecule has 0 radical (unpaired) electrons. The van der Waals surface area contributed by atoms with Gasteiger partial charge in [-0.3, -0.25) is 9.78 Å². The number of carbonyl (C=O) groups excluding carboxylic acids is 1. The first-order chi connectivity index (χ1) is 12.1. The predicted molar refractivity (Wildman–Crippen MR) is 97.5 cm³/mol. The fourth-order valence-electron chi connectivity index (χ4n) is 2.29. The standard InChI is InChI=1S/C19H19N5O/c1-13-3-4-14(2)16(9-13)24-19(25)17-11-23-18(12-21-17)22-10-15-5-7-20-8-6-15/h3-9,11-12H,10H2,1-2H3,(H,22,23)(H,24,25). The van der Waals surface area contributed by atoms with Crippen molar-refractivity contribution in [3.05, 3.63) is 77.5 Å². The van der Waals surface area contributed by atoms with Crippen LogP contribution in [0.4, 0.5) is 11.5 Å². The van der Waals surface area contributed by atoms with Crippen molar-refractivity contribution in [2.24, 2.45) is 0 Å². The topological polar surface area (TPSA) is 79.8 Å². The summed E-state index contributed by atoms with van der Waals surface area (Å²) in [5.41, 5.74) is 4.24. The molecule has 0 atom stereocenters. The zero-order valence-corrected chi connectivity index (χ0v) is 14.2. The average Bonchev–Trinajstić information content (AvgIpc) is 2.64. The summed E-state index contributed by atoms with van der Waals surface area (Å²) >= 11 is 0. The Hall–Kier alpha value is -3.28. The molecule has 3 rings (SSSR count). The number of carbonyl (C=O) groups is 1. The van der Waals surface area contributed by atoms with Crippen LogP contribution in [0.5, 0.6) is 0 Å². The molecule has 2 N–H and O–H groups in total. The normalized spacial score (nSPS) is 10.3. The second-order valence-electron chi connectivity index (χ2n) is 5.77. The van der Waals surface area contributed by atoms with Crippen LogP contribution in [0.3, 0.4) is 0 Å². The molecule has 0 unspecified atom stereocenters. The summed E-state index contributed by atoms with van der Waals surface area (Å²) in [6, 6.07) is 9.76. The molecule has 3 aromatic rings. The molecule has 6 nitrogen and oxygen atoms in total. The number of benzene rings is 1. The first-order valence-corrected chi connectivity index (χ1v) is 7.95. The molecule has 0 spiro atoms. The monoisotopic (exact) mass is 333 g/mol. The second-order valence-corrected chi connectivity index (χ2v) is 5.77. The van der Waals surface area contributed by atoms with E-state index in [9.17, 15) is 4.79 Å². The van der Waals surface area contributed by atoms with Crippen LogP contribution in [0.25, 0.3) is 0 Å². The van der Waals surface area contributed by atoms with Crippen molar-refractivity contribution in [2.45, 2.75) is 20.4 Å². The van der Waals surface area contributed by atoms with Gasteiger partial charge in [0, 0.05) is 24.6 Å². The third kappa shape index (κ3) is 4.38. The highest BCUT2D eigenvalue weighted by atomic mass is 16.1. The largest absolute Gasteiger partial charge is 0.365 e. The molecule has 0 saturated heterocycles. The number of aromatic nitrogens is 3. The average molecular weight is 333 g/mol. The lowest BCUT2D eigenvalue weighted by Gasteiger charge is -2.09. The van der Waals surface area contributed by atoms with Crippen LogP contribution in [-0.4, -0.2) is 20.9 Å². The summed E-state index contributed by atoms with van der Waals surface area (Å²) in [5.74, 6) is 0.335. The lowest BCUT2D eigenvalue weighted by Crippen LogP contribution is -2.15. The van der Waals surface area contributed by atoms with Gasteiger partial charge in [0.25, 0.3) is 5.91 Å². The van der Waals surface area contributed by atoms with E-state index in [4.69, 9.17) is 0 Å². The Morgan fingerprint density at radius 2 is 1.84 bits per heavy atom. The summed E-state index contributed by atoms with van der Waals surface area (Å²) in [6.45, 7) is 4.55. The highest BCUT2D eigenvalue weighted by molar-refractivity contribution is 6.03. The van der Waals surface area contributed by atoms with Gasteiger partial charge in [0.1, 0.15) is 11.5 Å². The van der Waals surface area contributed by atoms with Gasteiger partial charge >= 0.3 is 0 Å². The van der Waals surface area contributed by atoms with Crippen LogP contribution in [0, 0.1) is 13.8 Å². The van der Waals surface area contributed by atoms with Crippen LogP contribution >= 0.6 is 0 Å². The Labute approximate surface area is 146 Å². The van der Waals surface area contributed by atoms with E-state index in [-0.39, 0.29) is 11.6 Å². The van der Waals surface area contributed by atoms with Crippen molar-refractivity contribution in [3.63, 3.8) is 0 Å². The van der Waals surface area contributed by atoms with Gasteiger partial charge < -0.3 is 10.6 Å². The first-order valence-electron chi connectivity index (χ1n) is 7.95. The quantitative estimate of drug-likeness (QED) is 0.748. The highest BCUT2D eigenvalue weighted by Crippen LogP contribution is 2.17. The van der Waals surface area contributed by atoms with E-state index < -0.39 is 0 Å². The summed E-state index contributed by atoms with van der Waals surface area (Å²) in [5, 5.41) is 6.04. The molecule has 0 aliphatic heterocycles. The van der Waals surface area contributed by atoms with E-state index in [1.54, 1.807) is 18.6 Å². The molecule has 6 heteroatoms.